The molecule has 4 rings (SSSR count). The summed E-state index contributed by atoms with van der Waals surface area (Å²) in [6.45, 7) is 1.09. The number of esters is 1. The average molecular weight is 377 g/mol. The number of hydrogen-bond acceptors (Lipinski definition) is 5. The lowest BCUT2D eigenvalue weighted by Crippen LogP contribution is -2.16. The first-order chi connectivity index (χ1) is 13.7. The highest BCUT2D eigenvalue weighted by atomic mass is 19.1. The molecule has 7 heteroatoms. The maximum absolute atomic E-state index is 14.6. The van der Waals surface area contributed by atoms with Crippen LogP contribution < -0.4 is 4.74 Å². The Morgan fingerprint density at radius 3 is 2.86 bits per heavy atom. The Morgan fingerprint density at radius 2 is 2.11 bits per heavy atom. The van der Waals surface area contributed by atoms with Crippen LogP contribution in [0.1, 0.15) is 27.9 Å². The van der Waals surface area contributed by atoms with Crippen LogP contribution in [0.25, 0.3) is 11.3 Å². The number of benzene rings is 2. The van der Waals surface area contributed by atoms with Crippen molar-refractivity contribution in [3.05, 3.63) is 71.0 Å². The lowest BCUT2D eigenvalue weighted by Gasteiger charge is -2.15. The molecule has 0 unspecified atom stereocenters. The second-order valence-electron chi connectivity index (χ2n) is 6.32. The van der Waals surface area contributed by atoms with Crippen LogP contribution >= 0.6 is 0 Å². The molecule has 0 aliphatic carbocycles. The Balaban J connectivity index is 1.72. The van der Waals surface area contributed by atoms with Crippen molar-refractivity contribution in [3.8, 4) is 23.2 Å². The molecule has 0 saturated heterocycles. The summed E-state index contributed by atoms with van der Waals surface area (Å²) in [5, 5.41) is 13.3. The molecular formula is C21H16FN3O3. The van der Waals surface area contributed by atoms with Crippen molar-refractivity contribution in [2.24, 2.45) is 0 Å². The van der Waals surface area contributed by atoms with E-state index in [0.717, 1.165) is 18.1 Å². The number of carbonyl (C=O) groups is 1. The van der Waals surface area contributed by atoms with E-state index < -0.39 is 11.8 Å². The number of nitriles is 1. The van der Waals surface area contributed by atoms with Gasteiger partial charge in [0.05, 0.1) is 18.2 Å². The number of rotatable bonds is 4. The molecule has 0 N–H and O–H groups in total. The number of halogens is 1. The fourth-order valence-corrected chi connectivity index (χ4v) is 3.07. The number of hydrogen-bond donors (Lipinski definition) is 0. The molecule has 2 aromatic carbocycles. The molecule has 0 fully saturated rings. The molecule has 0 radical (unpaired) electrons. The summed E-state index contributed by atoms with van der Waals surface area (Å²) < 4.78 is 27.2. The highest BCUT2D eigenvalue weighted by Crippen LogP contribution is 2.35. The predicted molar refractivity (Wildman–Crippen MR) is 98.0 cm³/mol. The summed E-state index contributed by atoms with van der Waals surface area (Å²) in [6, 6.07) is 15.2. The molecular weight excluding hydrogens is 361 g/mol. The van der Waals surface area contributed by atoms with Crippen LogP contribution in [0.15, 0.2) is 48.5 Å². The number of aromatic nitrogens is 2. The number of ether oxygens (including phenoxy) is 2. The van der Waals surface area contributed by atoms with E-state index in [-0.39, 0.29) is 34.9 Å². The molecule has 0 amide bonds. The van der Waals surface area contributed by atoms with Crippen molar-refractivity contribution in [2.75, 3.05) is 6.61 Å². The number of carbonyl (C=O) groups excluding carboxylic acids is 1. The number of aryl methyl sites for hydroxylation is 1. The zero-order valence-electron chi connectivity index (χ0n) is 14.9. The minimum absolute atomic E-state index is 0.0829. The number of fused-ring (bicyclic) bond motifs is 1. The summed E-state index contributed by atoms with van der Waals surface area (Å²) in [7, 11) is 0. The van der Waals surface area contributed by atoms with Gasteiger partial charge in [-0.3, -0.25) is 0 Å². The Bertz CT molecular complexity index is 1070. The van der Waals surface area contributed by atoms with Crippen LogP contribution in [0, 0.1) is 17.1 Å². The monoisotopic (exact) mass is 377 g/mol. The molecule has 2 heterocycles. The minimum atomic E-state index is -0.634. The molecule has 6 nitrogen and oxygen atoms in total. The van der Waals surface area contributed by atoms with Crippen LogP contribution in [0.4, 0.5) is 4.39 Å². The van der Waals surface area contributed by atoms with Gasteiger partial charge in [0.25, 0.3) is 0 Å². The van der Waals surface area contributed by atoms with Crippen molar-refractivity contribution in [3.63, 3.8) is 0 Å². The third-order valence-electron chi connectivity index (χ3n) is 4.43. The zero-order valence-corrected chi connectivity index (χ0v) is 14.9. The normalized spacial score (nSPS) is 12.6. The third kappa shape index (κ3) is 3.32. The molecule has 0 bridgehead atoms. The van der Waals surface area contributed by atoms with Crippen LogP contribution in [0.2, 0.25) is 0 Å². The SMILES string of the molecule is N#Cc1ccc(-c2nn3c(c2C(=O)OCc2ccccc2)OCCC3)c(F)c1. The smallest absolute Gasteiger partial charge is 0.346 e. The first-order valence-electron chi connectivity index (χ1n) is 8.82. The largest absolute Gasteiger partial charge is 0.477 e. The maximum Gasteiger partial charge on any atom is 0.346 e. The Labute approximate surface area is 160 Å². The van der Waals surface area contributed by atoms with Gasteiger partial charge < -0.3 is 9.47 Å². The number of nitrogens with zero attached hydrogens (tertiary/aromatic N) is 3. The summed E-state index contributed by atoms with van der Waals surface area (Å²) in [5.41, 5.74) is 1.39. The van der Waals surface area contributed by atoms with Gasteiger partial charge in [0, 0.05) is 18.5 Å². The highest BCUT2D eigenvalue weighted by Gasteiger charge is 2.30. The molecule has 1 aliphatic heterocycles. The van der Waals surface area contributed by atoms with Gasteiger partial charge in [-0.05, 0) is 23.8 Å². The zero-order chi connectivity index (χ0) is 19.5. The lowest BCUT2D eigenvalue weighted by molar-refractivity contribution is 0.0466. The molecule has 1 aliphatic rings. The van der Waals surface area contributed by atoms with E-state index >= 15 is 0 Å². The fourth-order valence-electron chi connectivity index (χ4n) is 3.07. The maximum atomic E-state index is 14.6. The van der Waals surface area contributed by atoms with Gasteiger partial charge >= 0.3 is 5.97 Å². The van der Waals surface area contributed by atoms with Gasteiger partial charge in [0.1, 0.15) is 23.7 Å². The molecule has 28 heavy (non-hydrogen) atoms. The fraction of sp³-hybridized carbons (Fsp3) is 0.190. The topological polar surface area (TPSA) is 77.1 Å². The van der Waals surface area contributed by atoms with Crippen molar-refractivity contribution < 1.29 is 18.7 Å². The van der Waals surface area contributed by atoms with Crippen molar-refractivity contribution in [2.45, 2.75) is 19.6 Å². The van der Waals surface area contributed by atoms with E-state index in [0.29, 0.717) is 13.2 Å². The van der Waals surface area contributed by atoms with Crippen molar-refractivity contribution >= 4 is 5.97 Å². The predicted octanol–water partition coefficient (Wildman–Crippen LogP) is 3.70. The quantitative estimate of drug-likeness (QED) is 0.648. The van der Waals surface area contributed by atoms with Gasteiger partial charge in [-0.25, -0.2) is 13.9 Å². The summed E-state index contributed by atoms with van der Waals surface area (Å²) in [4.78, 5) is 12.8. The Hall–Kier alpha value is -3.66. The Kier molecular flexibility index (Phi) is 4.77. The average Bonchev–Trinajstić information content (AvgIpc) is 3.12. The van der Waals surface area contributed by atoms with E-state index in [2.05, 4.69) is 5.10 Å². The van der Waals surface area contributed by atoms with E-state index in [1.54, 1.807) is 4.68 Å². The van der Waals surface area contributed by atoms with Crippen LogP contribution in [0.5, 0.6) is 5.88 Å². The van der Waals surface area contributed by atoms with Gasteiger partial charge in [0.2, 0.25) is 5.88 Å². The van der Waals surface area contributed by atoms with E-state index in [4.69, 9.17) is 14.7 Å². The Morgan fingerprint density at radius 1 is 1.29 bits per heavy atom. The summed E-state index contributed by atoms with van der Waals surface area (Å²) >= 11 is 0. The van der Waals surface area contributed by atoms with E-state index in [1.165, 1.54) is 12.1 Å². The lowest BCUT2D eigenvalue weighted by atomic mass is 10.0. The van der Waals surface area contributed by atoms with Crippen LogP contribution in [-0.4, -0.2) is 22.4 Å². The van der Waals surface area contributed by atoms with Gasteiger partial charge in [-0.2, -0.15) is 10.4 Å². The second kappa shape index (κ2) is 7.53. The van der Waals surface area contributed by atoms with Crippen LogP contribution in [-0.2, 0) is 17.9 Å². The molecule has 0 saturated carbocycles. The summed E-state index contributed by atoms with van der Waals surface area (Å²) in [6.07, 6.45) is 0.739. The van der Waals surface area contributed by atoms with Gasteiger partial charge in [-0.15, -0.1) is 0 Å². The standard InChI is InChI=1S/C21H16FN3O3/c22-17-11-15(12-23)7-8-16(17)19-18(20-25(24-19)9-4-10-27-20)21(26)28-13-14-5-2-1-3-6-14/h1-3,5-8,11H,4,9-10,13H2. The highest BCUT2D eigenvalue weighted by molar-refractivity contribution is 5.99. The molecule has 0 atom stereocenters. The van der Waals surface area contributed by atoms with Crippen molar-refractivity contribution in [1.29, 1.82) is 5.26 Å². The minimum Gasteiger partial charge on any atom is -0.477 e. The first-order valence-corrected chi connectivity index (χ1v) is 8.82. The van der Waals surface area contributed by atoms with Gasteiger partial charge in [-0.1, -0.05) is 30.3 Å². The first kappa shape index (κ1) is 17.7. The van der Waals surface area contributed by atoms with Crippen molar-refractivity contribution in [1.82, 2.24) is 9.78 Å². The third-order valence-corrected chi connectivity index (χ3v) is 4.43. The second-order valence-corrected chi connectivity index (χ2v) is 6.32. The van der Waals surface area contributed by atoms with Crippen LogP contribution in [0.3, 0.4) is 0 Å². The van der Waals surface area contributed by atoms with Gasteiger partial charge in [0.15, 0.2) is 0 Å². The summed E-state index contributed by atoms with van der Waals surface area (Å²) in [5.74, 6) is -0.986. The van der Waals surface area contributed by atoms with E-state index in [9.17, 15) is 9.18 Å². The molecule has 1 aromatic heterocycles. The van der Waals surface area contributed by atoms with E-state index in [1.807, 2.05) is 36.4 Å². The molecule has 0 spiro atoms. The molecule has 140 valence electrons. The molecule has 3 aromatic rings.